The summed E-state index contributed by atoms with van der Waals surface area (Å²) >= 11 is 0. The van der Waals surface area contributed by atoms with Crippen molar-refractivity contribution in [3.63, 3.8) is 0 Å². The van der Waals surface area contributed by atoms with E-state index in [2.05, 4.69) is 13.8 Å². The number of benzene rings is 1. The molecule has 0 radical (unpaired) electrons. The van der Waals surface area contributed by atoms with Crippen LogP contribution in [-0.4, -0.2) is 97.4 Å². The van der Waals surface area contributed by atoms with Crippen LogP contribution in [0, 0.1) is 16.7 Å². The van der Waals surface area contributed by atoms with Gasteiger partial charge in [-0.25, -0.2) is 0 Å². The third-order valence-electron chi connectivity index (χ3n) is 12.2. The lowest BCUT2D eigenvalue weighted by Gasteiger charge is -2.43. The van der Waals surface area contributed by atoms with E-state index in [4.69, 9.17) is 20.1 Å². The summed E-state index contributed by atoms with van der Waals surface area (Å²) in [5.41, 5.74) is -1.77. The van der Waals surface area contributed by atoms with E-state index in [0.29, 0.717) is 31.4 Å². The Kier molecular flexibility index (Phi) is 34.4. The number of carbonyl (C=O) groups is 3. The van der Waals surface area contributed by atoms with Gasteiger partial charge < -0.3 is 45.6 Å². The number of Topliss-reactive ketones (excluding diaryl/α,β-unsaturated/α-hetero) is 1. The number of aliphatic hydroxyl groups excluding tert-OH is 5. The molecule has 1 aromatic carbocycles. The highest BCUT2D eigenvalue weighted by atomic mass is 16.5. The Balaban J connectivity index is 0.00000108. The topological polar surface area (TPSA) is 222 Å². The van der Waals surface area contributed by atoms with Crippen LogP contribution < -0.4 is 4.74 Å². The quantitative estimate of drug-likeness (QED) is 0.0241. The lowest BCUT2D eigenvalue weighted by molar-refractivity contribution is -0.170. The summed E-state index contributed by atoms with van der Waals surface area (Å²) in [4.78, 5) is 33.2. The molecule has 0 fully saturated rings. The fraction of sp³-hybridized carbons (Fsp3) is 0.812. The molecule has 0 saturated carbocycles. The van der Waals surface area contributed by atoms with E-state index in [-0.39, 0.29) is 6.61 Å². The average Bonchev–Trinajstić information content (AvgIpc) is 3.24. The Morgan fingerprint density at radius 1 is 0.633 bits per heavy atom. The van der Waals surface area contributed by atoms with Crippen LogP contribution in [0.5, 0.6) is 5.75 Å². The molecular weight excluding hydrogens is 769 g/mol. The number of carboxylic acid groups (broad SMARTS) is 2. The van der Waals surface area contributed by atoms with Crippen LogP contribution in [-0.2, 0) is 20.8 Å². The maximum absolute atomic E-state index is 12.4. The van der Waals surface area contributed by atoms with Gasteiger partial charge in [-0.3, -0.25) is 14.4 Å². The average molecular weight is 855 g/mol. The van der Waals surface area contributed by atoms with Crippen LogP contribution in [0.2, 0.25) is 0 Å². The Bertz CT molecular complexity index is 1220. The number of carbonyl (C=O) groups excluding carboxylic acids is 1. The fourth-order valence-electron chi connectivity index (χ4n) is 7.88. The zero-order chi connectivity index (χ0) is 45.1. The van der Waals surface area contributed by atoms with Crippen LogP contribution in [0.4, 0.5) is 0 Å². The molecular formula is C48H86O12. The van der Waals surface area contributed by atoms with Gasteiger partial charge in [0, 0.05) is 12.5 Å². The van der Waals surface area contributed by atoms with Crippen molar-refractivity contribution >= 4 is 17.7 Å². The number of carboxylic acids is 2. The molecule has 0 saturated heterocycles. The molecule has 2 rings (SSSR count). The minimum absolute atomic E-state index is 0.258. The van der Waals surface area contributed by atoms with Crippen molar-refractivity contribution in [3.8, 4) is 5.75 Å². The van der Waals surface area contributed by atoms with Crippen LogP contribution in [0.15, 0.2) is 24.3 Å². The highest BCUT2D eigenvalue weighted by molar-refractivity contribution is 5.78. The molecule has 0 aliphatic carbocycles. The van der Waals surface area contributed by atoms with Gasteiger partial charge >= 0.3 is 11.9 Å². The summed E-state index contributed by atoms with van der Waals surface area (Å²) in [6, 6.07) is 7.66. The number of aliphatic hydroxyl groups is 6. The first-order valence-corrected chi connectivity index (χ1v) is 23.4. The summed E-state index contributed by atoms with van der Waals surface area (Å²) in [5.74, 6) is -2.64. The van der Waals surface area contributed by atoms with E-state index < -0.39 is 66.7 Å². The van der Waals surface area contributed by atoms with Gasteiger partial charge in [0.2, 0.25) is 6.29 Å². The van der Waals surface area contributed by atoms with E-state index in [9.17, 15) is 39.9 Å². The molecule has 3 atom stereocenters. The maximum atomic E-state index is 12.4. The molecule has 60 heavy (non-hydrogen) atoms. The van der Waals surface area contributed by atoms with Crippen molar-refractivity contribution in [3.05, 3.63) is 29.8 Å². The van der Waals surface area contributed by atoms with Crippen molar-refractivity contribution in [2.45, 2.75) is 207 Å². The Morgan fingerprint density at radius 3 is 1.42 bits per heavy atom. The van der Waals surface area contributed by atoms with E-state index in [1.807, 2.05) is 24.3 Å². The molecule has 3 unspecified atom stereocenters. The Hall–Kier alpha value is -2.61. The third kappa shape index (κ3) is 23.0. The summed E-state index contributed by atoms with van der Waals surface area (Å²) in [6.07, 6.45) is 27.9. The number of aliphatic carboxylic acids is 2. The van der Waals surface area contributed by atoms with E-state index >= 15 is 0 Å². The zero-order valence-corrected chi connectivity index (χ0v) is 37.7. The number of ether oxygens (including phenoxy) is 1. The molecule has 350 valence electrons. The van der Waals surface area contributed by atoms with Crippen LogP contribution >= 0.6 is 0 Å². The summed E-state index contributed by atoms with van der Waals surface area (Å²) < 4.78 is 6.09. The van der Waals surface area contributed by atoms with Gasteiger partial charge in [0.15, 0.2) is 5.78 Å². The first-order chi connectivity index (χ1) is 28.9. The van der Waals surface area contributed by atoms with Crippen molar-refractivity contribution in [1.29, 1.82) is 0 Å². The Morgan fingerprint density at radius 2 is 1.05 bits per heavy atom. The van der Waals surface area contributed by atoms with Gasteiger partial charge in [-0.1, -0.05) is 180 Å². The van der Waals surface area contributed by atoms with Crippen molar-refractivity contribution in [2.24, 2.45) is 16.7 Å². The van der Waals surface area contributed by atoms with Gasteiger partial charge in [-0.15, -0.1) is 0 Å². The highest BCUT2D eigenvalue weighted by Crippen LogP contribution is 2.42. The SMILES string of the molecule is CC(=O)C(O)O.CCCCCCCCCCCCCC(CO)C(CO)(C(=O)O)C1CCc2ccccc2O1.CCCCCCCCCCCCCCC(CO)(CO)C(=O)O. The summed E-state index contributed by atoms with van der Waals surface area (Å²) in [5, 5.41) is 73.6. The number of fused-ring (bicyclic) bond motifs is 1. The normalized spacial score (nSPS) is 15.1. The number of ketones is 1. The minimum Gasteiger partial charge on any atom is -0.489 e. The summed E-state index contributed by atoms with van der Waals surface area (Å²) in [7, 11) is 0. The molecule has 8 N–H and O–H groups in total. The maximum Gasteiger partial charge on any atom is 0.316 e. The lowest BCUT2D eigenvalue weighted by atomic mass is 9.68. The largest absolute Gasteiger partial charge is 0.489 e. The summed E-state index contributed by atoms with van der Waals surface area (Å²) in [6.45, 7) is 3.81. The van der Waals surface area contributed by atoms with Crippen LogP contribution in [0.1, 0.15) is 193 Å². The van der Waals surface area contributed by atoms with Gasteiger partial charge in [0.25, 0.3) is 0 Å². The van der Waals surface area contributed by atoms with Crippen LogP contribution in [0.25, 0.3) is 0 Å². The number of unbranched alkanes of at least 4 members (excludes halogenated alkanes) is 21. The number of hydrogen-bond acceptors (Lipinski definition) is 10. The molecule has 1 aromatic rings. The van der Waals surface area contributed by atoms with Gasteiger partial charge in [0.05, 0.1) is 19.8 Å². The minimum atomic E-state index is -1.79. The van der Waals surface area contributed by atoms with Gasteiger partial charge in [0.1, 0.15) is 22.7 Å². The molecule has 0 amide bonds. The second-order valence-corrected chi connectivity index (χ2v) is 17.0. The third-order valence-corrected chi connectivity index (χ3v) is 12.2. The number of rotatable bonds is 34. The second kappa shape index (κ2) is 35.9. The predicted octanol–water partition coefficient (Wildman–Crippen LogP) is 8.77. The molecule has 1 aliphatic heterocycles. The number of aryl methyl sites for hydroxylation is 1. The van der Waals surface area contributed by atoms with Gasteiger partial charge in [-0.05, 0) is 44.2 Å². The monoisotopic (exact) mass is 855 g/mol. The predicted molar refractivity (Wildman–Crippen MR) is 237 cm³/mol. The van der Waals surface area contributed by atoms with E-state index in [0.717, 1.165) is 51.0 Å². The molecule has 0 bridgehead atoms. The molecule has 0 aromatic heterocycles. The molecule has 1 heterocycles. The number of para-hydroxylation sites is 1. The smallest absolute Gasteiger partial charge is 0.316 e. The van der Waals surface area contributed by atoms with Crippen molar-refractivity contribution < 1.29 is 60.0 Å². The van der Waals surface area contributed by atoms with Crippen molar-refractivity contribution in [1.82, 2.24) is 0 Å². The fourth-order valence-corrected chi connectivity index (χ4v) is 7.88. The first-order valence-electron chi connectivity index (χ1n) is 23.4. The molecule has 1 aliphatic rings. The first kappa shape index (κ1) is 57.4. The molecule has 12 heteroatoms. The molecule has 12 nitrogen and oxygen atoms in total. The van der Waals surface area contributed by atoms with Gasteiger partial charge in [-0.2, -0.15) is 0 Å². The van der Waals surface area contributed by atoms with Crippen molar-refractivity contribution in [2.75, 3.05) is 26.4 Å². The molecule has 0 spiro atoms. The Labute approximate surface area is 362 Å². The highest BCUT2D eigenvalue weighted by Gasteiger charge is 2.53. The zero-order valence-electron chi connectivity index (χ0n) is 37.7. The van der Waals surface area contributed by atoms with Crippen LogP contribution in [0.3, 0.4) is 0 Å². The van der Waals surface area contributed by atoms with E-state index in [1.165, 1.54) is 109 Å². The van der Waals surface area contributed by atoms with E-state index in [1.54, 1.807) is 0 Å². The second-order valence-electron chi connectivity index (χ2n) is 17.0. The lowest BCUT2D eigenvalue weighted by Crippen LogP contribution is -2.55. The number of hydrogen-bond donors (Lipinski definition) is 8. The standard InChI is InChI=1S/C27H44O5.C18H36O4.C3H6O3/c1-2-3-4-5-6-7-8-9-10-11-12-16-23(20-28)27(21-29,26(30)31)25-19-18-22-15-13-14-17-24(22)32-25;1-2-3-4-5-6-7-8-9-10-11-12-13-14-18(15-19,16-20)17(21)22;1-2(4)3(5)6/h13-15,17,23,25,28-29H,2-12,16,18-21H2,1H3,(H,30,31);19-20H,2-16H2,1H3,(H,21,22);3,5-6H,1H3.